The van der Waals surface area contributed by atoms with Gasteiger partial charge in [0.2, 0.25) is 0 Å². The zero-order valence-electron chi connectivity index (χ0n) is 22.1. The van der Waals surface area contributed by atoms with Gasteiger partial charge < -0.3 is 9.88 Å². The van der Waals surface area contributed by atoms with Crippen molar-refractivity contribution in [2.24, 2.45) is 9.98 Å². The number of H-pyrrole nitrogens is 1. The average Bonchev–Trinajstić information content (AvgIpc) is 3.39. The number of benzene rings is 2. The van der Waals surface area contributed by atoms with Crippen LogP contribution in [0.25, 0.3) is 0 Å². The van der Waals surface area contributed by atoms with Crippen molar-refractivity contribution in [1.29, 1.82) is 0 Å². The molecule has 4 rings (SSSR count). The zero-order chi connectivity index (χ0) is 26.0. The highest BCUT2D eigenvalue weighted by atomic mass is 16.2. The van der Waals surface area contributed by atoms with Gasteiger partial charge in [-0.1, -0.05) is 38.1 Å². The predicted molar refractivity (Wildman–Crippen MR) is 150 cm³/mol. The van der Waals surface area contributed by atoms with E-state index in [1.807, 2.05) is 49.6 Å². The van der Waals surface area contributed by atoms with E-state index < -0.39 is 0 Å². The minimum atomic E-state index is -0.0245. The van der Waals surface area contributed by atoms with Crippen LogP contribution in [-0.4, -0.2) is 64.5 Å². The number of rotatable bonds is 14. The van der Waals surface area contributed by atoms with E-state index in [9.17, 15) is 4.79 Å². The number of aromatic amines is 1. The lowest BCUT2D eigenvalue weighted by molar-refractivity contribution is 0.0993. The Morgan fingerprint density at radius 1 is 0.838 bits per heavy atom. The Kier molecular flexibility index (Phi) is 9.35. The molecular weight excluding hydrogens is 462 g/mol. The number of amidine groups is 1. The SMILES string of the molecule is CCCN(CCC)Cc1ccc(N(C)C(=O)c2ccc(CN(CC3=NC=N3)Cc3ncc[nH]3)cc2)cc1. The fraction of sp³-hybridized carbons (Fsp3) is 0.379. The largest absolute Gasteiger partial charge is 0.348 e. The fourth-order valence-electron chi connectivity index (χ4n) is 4.49. The minimum absolute atomic E-state index is 0.0245. The number of hydrogen-bond acceptors (Lipinski definition) is 6. The highest BCUT2D eigenvalue weighted by molar-refractivity contribution is 6.05. The van der Waals surface area contributed by atoms with Gasteiger partial charge in [0.15, 0.2) is 0 Å². The summed E-state index contributed by atoms with van der Waals surface area (Å²) < 4.78 is 0. The first kappa shape index (κ1) is 26.4. The summed E-state index contributed by atoms with van der Waals surface area (Å²) in [6, 6.07) is 16.2. The van der Waals surface area contributed by atoms with Crippen LogP contribution in [0.1, 0.15) is 54.0 Å². The summed E-state index contributed by atoms with van der Waals surface area (Å²) in [6.07, 6.45) is 7.45. The van der Waals surface area contributed by atoms with E-state index in [4.69, 9.17) is 0 Å². The molecule has 1 amide bonds. The van der Waals surface area contributed by atoms with Crippen molar-refractivity contribution in [3.8, 4) is 0 Å². The van der Waals surface area contributed by atoms with Gasteiger partial charge in [-0.25, -0.2) is 15.0 Å². The molecule has 0 saturated heterocycles. The number of amides is 1. The minimum Gasteiger partial charge on any atom is -0.348 e. The summed E-state index contributed by atoms with van der Waals surface area (Å²) >= 11 is 0. The lowest BCUT2D eigenvalue weighted by atomic mass is 10.1. The number of nitrogens with zero attached hydrogens (tertiary/aromatic N) is 6. The molecule has 2 aromatic carbocycles. The topological polar surface area (TPSA) is 80.2 Å². The van der Waals surface area contributed by atoms with Crippen LogP contribution in [0.3, 0.4) is 0 Å². The number of imidazole rings is 1. The first-order valence-electron chi connectivity index (χ1n) is 13.0. The van der Waals surface area contributed by atoms with E-state index in [2.05, 4.69) is 55.7 Å². The molecule has 8 nitrogen and oxygen atoms in total. The highest BCUT2D eigenvalue weighted by Crippen LogP contribution is 2.19. The van der Waals surface area contributed by atoms with Crippen molar-refractivity contribution in [2.45, 2.75) is 46.3 Å². The van der Waals surface area contributed by atoms with Gasteiger partial charge in [-0.05, 0) is 61.3 Å². The van der Waals surface area contributed by atoms with Crippen LogP contribution in [0.4, 0.5) is 5.69 Å². The molecule has 37 heavy (non-hydrogen) atoms. The van der Waals surface area contributed by atoms with E-state index >= 15 is 0 Å². The Bertz CT molecular complexity index is 1180. The molecule has 0 bridgehead atoms. The molecule has 1 N–H and O–H groups in total. The number of carbonyl (C=O) groups is 1. The summed E-state index contributed by atoms with van der Waals surface area (Å²) in [4.78, 5) is 35.5. The van der Waals surface area contributed by atoms with Crippen molar-refractivity contribution >= 4 is 23.8 Å². The second kappa shape index (κ2) is 13.1. The Morgan fingerprint density at radius 3 is 2.00 bits per heavy atom. The molecule has 1 aliphatic rings. The van der Waals surface area contributed by atoms with Crippen LogP contribution >= 0.6 is 0 Å². The predicted octanol–water partition coefficient (Wildman–Crippen LogP) is 4.75. The molecule has 0 radical (unpaired) electrons. The molecule has 0 saturated carbocycles. The van der Waals surface area contributed by atoms with Gasteiger partial charge >= 0.3 is 0 Å². The summed E-state index contributed by atoms with van der Waals surface area (Å²) in [5.74, 6) is 1.68. The molecular formula is C29H37N7O. The van der Waals surface area contributed by atoms with Crippen molar-refractivity contribution in [2.75, 3.05) is 31.6 Å². The molecule has 0 spiro atoms. The van der Waals surface area contributed by atoms with E-state index in [1.54, 1.807) is 17.4 Å². The molecule has 1 aliphatic heterocycles. The number of nitrogens with one attached hydrogen (secondary N) is 1. The molecule has 0 fully saturated rings. The third-order valence-corrected chi connectivity index (χ3v) is 6.43. The number of hydrogen-bond donors (Lipinski definition) is 1. The maximum atomic E-state index is 13.2. The van der Waals surface area contributed by atoms with E-state index in [-0.39, 0.29) is 5.91 Å². The maximum absolute atomic E-state index is 13.2. The van der Waals surface area contributed by atoms with E-state index in [0.717, 1.165) is 55.4 Å². The van der Waals surface area contributed by atoms with E-state index in [0.29, 0.717) is 25.2 Å². The van der Waals surface area contributed by atoms with Gasteiger partial charge in [-0.2, -0.15) is 0 Å². The summed E-state index contributed by atoms with van der Waals surface area (Å²) in [5, 5.41) is 0. The van der Waals surface area contributed by atoms with Crippen molar-refractivity contribution in [3.05, 3.63) is 83.4 Å². The molecule has 194 valence electrons. The number of anilines is 1. The van der Waals surface area contributed by atoms with Gasteiger partial charge in [0.25, 0.3) is 5.91 Å². The Hall–Kier alpha value is -3.62. The summed E-state index contributed by atoms with van der Waals surface area (Å²) in [6.45, 7) is 9.60. The lowest BCUT2D eigenvalue weighted by Gasteiger charge is -2.23. The van der Waals surface area contributed by atoms with Crippen molar-refractivity contribution in [3.63, 3.8) is 0 Å². The van der Waals surface area contributed by atoms with Crippen LogP contribution in [0.2, 0.25) is 0 Å². The third-order valence-electron chi connectivity index (χ3n) is 6.43. The van der Waals surface area contributed by atoms with Gasteiger partial charge in [0, 0.05) is 43.8 Å². The number of aromatic nitrogens is 2. The molecule has 8 heteroatoms. The molecule has 2 heterocycles. The molecule has 0 unspecified atom stereocenters. The quantitative estimate of drug-likeness (QED) is 0.347. The fourth-order valence-corrected chi connectivity index (χ4v) is 4.49. The first-order chi connectivity index (χ1) is 18.1. The smallest absolute Gasteiger partial charge is 0.258 e. The monoisotopic (exact) mass is 499 g/mol. The van der Waals surface area contributed by atoms with Crippen LogP contribution in [0, 0.1) is 0 Å². The van der Waals surface area contributed by atoms with Crippen LogP contribution in [-0.2, 0) is 19.6 Å². The number of aliphatic imine (C=N–C) groups is 2. The van der Waals surface area contributed by atoms with Gasteiger partial charge in [-0.15, -0.1) is 0 Å². The van der Waals surface area contributed by atoms with Crippen molar-refractivity contribution in [1.82, 2.24) is 19.8 Å². The Balaban J connectivity index is 1.36. The van der Waals surface area contributed by atoms with Crippen LogP contribution in [0.5, 0.6) is 0 Å². The second-order valence-corrected chi connectivity index (χ2v) is 9.47. The standard InChI is InChI=1S/C29H37N7O/c1-4-16-35(17-5-2)18-24-8-12-26(13-9-24)34(3)29(37)25-10-6-23(7-11-25)19-36(21-28-32-22-33-28)20-27-30-14-15-31-27/h6-15,22H,4-5,16-21H2,1-3H3,(H,30,31). The van der Waals surface area contributed by atoms with Crippen molar-refractivity contribution < 1.29 is 4.79 Å². The molecule has 1 aromatic heterocycles. The third kappa shape index (κ3) is 7.44. The molecule has 0 atom stereocenters. The Labute approximate surface area is 219 Å². The van der Waals surface area contributed by atoms with E-state index in [1.165, 1.54) is 5.56 Å². The first-order valence-corrected chi connectivity index (χ1v) is 13.0. The summed E-state index contributed by atoms with van der Waals surface area (Å²) in [5.41, 5.74) is 3.94. The number of carbonyl (C=O) groups excluding carboxylic acids is 1. The van der Waals surface area contributed by atoms with Crippen LogP contribution < -0.4 is 4.90 Å². The highest BCUT2D eigenvalue weighted by Gasteiger charge is 2.16. The average molecular weight is 500 g/mol. The van der Waals surface area contributed by atoms with Gasteiger partial charge in [-0.3, -0.25) is 14.6 Å². The summed E-state index contributed by atoms with van der Waals surface area (Å²) in [7, 11) is 1.83. The zero-order valence-corrected chi connectivity index (χ0v) is 22.1. The molecule has 3 aromatic rings. The Morgan fingerprint density at radius 2 is 1.46 bits per heavy atom. The normalized spacial score (nSPS) is 12.6. The van der Waals surface area contributed by atoms with Gasteiger partial charge in [0.05, 0.1) is 13.1 Å². The second-order valence-electron chi connectivity index (χ2n) is 9.47. The lowest BCUT2D eigenvalue weighted by Crippen LogP contribution is -2.30. The maximum Gasteiger partial charge on any atom is 0.258 e. The molecule has 0 aliphatic carbocycles. The van der Waals surface area contributed by atoms with Crippen LogP contribution in [0.15, 0.2) is 70.9 Å². The van der Waals surface area contributed by atoms with Gasteiger partial charge in [0.1, 0.15) is 18.0 Å².